The minimum atomic E-state index is -0.330. The molecule has 2 rings (SSSR count). The Morgan fingerprint density at radius 3 is 2.44 bits per heavy atom. The summed E-state index contributed by atoms with van der Waals surface area (Å²) in [5.74, 6) is 0.292. The second-order valence-corrected chi connectivity index (χ2v) is 6.54. The number of esters is 1. The lowest BCUT2D eigenvalue weighted by Gasteiger charge is -2.17. The lowest BCUT2D eigenvalue weighted by molar-refractivity contribution is 0.0526. The van der Waals surface area contributed by atoms with Crippen molar-refractivity contribution in [3.05, 3.63) is 57.6 Å². The number of carbonyl (C=O) groups excluding carboxylic acids is 1. The van der Waals surface area contributed by atoms with Gasteiger partial charge in [0.25, 0.3) is 0 Å². The largest absolute Gasteiger partial charge is 0.489 e. The van der Waals surface area contributed by atoms with E-state index in [1.165, 1.54) is 0 Å². The Bertz CT molecular complexity index is 730. The highest BCUT2D eigenvalue weighted by Crippen LogP contribution is 2.33. The first-order valence-corrected chi connectivity index (χ1v) is 8.82. The minimum Gasteiger partial charge on any atom is -0.489 e. The number of halogens is 2. The van der Waals surface area contributed by atoms with Crippen LogP contribution >= 0.6 is 23.2 Å². The Hall–Kier alpha value is -1.91. The maximum atomic E-state index is 11.7. The molecule has 0 fully saturated rings. The lowest BCUT2D eigenvalue weighted by atomic mass is 10.1. The van der Waals surface area contributed by atoms with Crippen LogP contribution in [0.5, 0.6) is 5.75 Å². The highest BCUT2D eigenvalue weighted by Gasteiger charge is 2.12. The molecular formula is C19H21Cl2NO3. The molecule has 0 saturated heterocycles. The molecule has 0 aliphatic carbocycles. The van der Waals surface area contributed by atoms with Gasteiger partial charge in [-0.2, -0.15) is 0 Å². The fourth-order valence-corrected chi connectivity index (χ4v) is 2.83. The first-order valence-electron chi connectivity index (χ1n) is 8.06. The van der Waals surface area contributed by atoms with E-state index in [4.69, 9.17) is 32.7 Å². The highest BCUT2D eigenvalue weighted by atomic mass is 35.5. The summed E-state index contributed by atoms with van der Waals surface area (Å²) in [6, 6.07) is 10.6. The molecule has 25 heavy (non-hydrogen) atoms. The average Bonchev–Trinajstić information content (AvgIpc) is 2.56. The monoisotopic (exact) mass is 381 g/mol. The molecule has 0 aliphatic rings. The number of nitrogens with one attached hydrogen (secondary N) is 1. The minimum absolute atomic E-state index is 0.00119. The van der Waals surface area contributed by atoms with Crippen LogP contribution in [0.25, 0.3) is 0 Å². The smallest absolute Gasteiger partial charge is 0.338 e. The molecule has 0 saturated carbocycles. The molecule has 0 atom stereocenters. The van der Waals surface area contributed by atoms with E-state index >= 15 is 0 Å². The third-order valence-electron chi connectivity index (χ3n) is 3.32. The van der Waals surface area contributed by atoms with Crippen molar-refractivity contribution in [2.24, 2.45) is 0 Å². The van der Waals surface area contributed by atoms with E-state index in [0.29, 0.717) is 34.5 Å². The number of benzene rings is 2. The topological polar surface area (TPSA) is 47.6 Å². The van der Waals surface area contributed by atoms with Crippen molar-refractivity contribution in [2.75, 3.05) is 11.9 Å². The van der Waals surface area contributed by atoms with Crippen molar-refractivity contribution < 1.29 is 14.3 Å². The van der Waals surface area contributed by atoms with E-state index in [9.17, 15) is 4.79 Å². The number of carbonyl (C=O) groups is 1. The molecule has 0 amide bonds. The van der Waals surface area contributed by atoms with Gasteiger partial charge in [0, 0.05) is 22.8 Å². The summed E-state index contributed by atoms with van der Waals surface area (Å²) in [4.78, 5) is 11.7. The van der Waals surface area contributed by atoms with E-state index in [1.807, 2.05) is 32.0 Å². The van der Waals surface area contributed by atoms with Crippen LogP contribution in [-0.2, 0) is 11.3 Å². The zero-order valence-electron chi connectivity index (χ0n) is 14.4. The van der Waals surface area contributed by atoms with Crippen LogP contribution in [0, 0.1) is 0 Å². The molecule has 6 heteroatoms. The van der Waals surface area contributed by atoms with E-state index in [-0.39, 0.29) is 12.1 Å². The van der Waals surface area contributed by atoms with Crippen LogP contribution in [0.1, 0.15) is 36.7 Å². The molecule has 2 aromatic rings. The molecule has 4 nitrogen and oxygen atoms in total. The van der Waals surface area contributed by atoms with E-state index in [0.717, 1.165) is 11.3 Å². The molecule has 1 N–H and O–H groups in total. The summed E-state index contributed by atoms with van der Waals surface area (Å²) in [6.45, 7) is 6.50. The summed E-state index contributed by atoms with van der Waals surface area (Å²) in [5.41, 5.74) is 2.24. The van der Waals surface area contributed by atoms with Crippen molar-refractivity contribution >= 4 is 34.9 Å². The zero-order chi connectivity index (χ0) is 18.4. The number of hydrogen-bond acceptors (Lipinski definition) is 4. The van der Waals surface area contributed by atoms with E-state index < -0.39 is 0 Å². The Labute approximate surface area is 158 Å². The molecule has 0 aromatic heterocycles. The van der Waals surface area contributed by atoms with Crippen LogP contribution in [0.3, 0.4) is 0 Å². The van der Waals surface area contributed by atoms with E-state index in [1.54, 1.807) is 25.1 Å². The standard InChI is InChI=1S/C19H21Cl2NO3/c1-4-24-19(23)13-5-7-16(8-6-13)22-11-14-9-15(20)10-17(21)18(14)25-12(2)3/h5-10,12,22H,4,11H2,1-3H3. The SMILES string of the molecule is CCOC(=O)c1ccc(NCc2cc(Cl)cc(Cl)c2OC(C)C)cc1. The van der Waals surface area contributed by atoms with Gasteiger partial charge in [0.2, 0.25) is 0 Å². The van der Waals surface area contributed by atoms with Crippen LogP contribution < -0.4 is 10.1 Å². The predicted octanol–water partition coefficient (Wildman–Crippen LogP) is 5.57. The molecular weight excluding hydrogens is 361 g/mol. The van der Waals surface area contributed by atoms with Gasteiger partial charge >= 0.3 is 5.97 Å². The quantitative estimate of drug-likeness (QED) is 0.636. The summed E-state index contributed by atoms with van der Waals surface area (Å²) >= 11 is 12.4. The molecule has 0 radical (unpaired) electrons. The summed E-state index contributed by atoms with van der Waals surface area (Å²) in [6.07, 6.45) is 0.00119. The maximum absolute atomic E-state index is 11.7. The van der Waals surface area contributed by atoms with E-state index in [2.05, 4.69) is 5.32 Å². The number of rotatable bonds is 7. The Balaban J connectivity index is 2.11. The first-order chi connectivity index (χ1) is 11.9. The fraction of sp³-hybridized carbons (Fsp3) is 0.316. The molecule has 134 valence electrons. The summed E-state index contributed by atoms with van der Waals surface area (Å²) in [5, 5.41) is 4.31. The lowest BCUT2D eigenvalue weighted by Crippen LogP contribution is -2.10. The van der Waals surface area contributed by atoms with Crippen molar-refractivity contribution in [3.63, 3.8) is 0 Å². The van der Waals surface area contributed by atoms with Gasteiger partial charge in [-0.05, 0) is 57.2 Å². The second-order valence-electron chi connectivity index (χ2n) is 5.69. The summed E-state index contributed by atoms with van der Waals surface area (Å²) < 4.78 is 10.8. The highest BCUT2D eigenvalue weighted by molar-refractivity contribution is 6.35. The maximum Gasteiger partial charge on any atom is 0.338 e. The van der Waals surface area contributed by atoms with Crippen molar-refractivity contribution in [1.82, 2.24) is 0 Å². The molecule has 0 heterocycles. The normalized spacial score (nSPS) is 10.6. The molecule has 2 aromatic carbocycles. The van der Waals surface area contributed by atoms with Crippen LogP contribution in [-0.4, -0.2) is 18.7 Å². The third-order valence-corrected chi connectivity index (χ3v) is 3.82. The number of ether oxygens (including phenoxy) is 2. The predicted molar refractivity (Wildman–Crippen MR) is 102 cm³/mol. The second kappa shape index (κ2) is 8.97. The van der Waals surface area contributed by atoms with Gasteiger partial charge in [-0.25, -0.2) is 4.79 Å². The molecule has 0 unspecified atom stereocenters. The molecule has 0 bridgehead atoms. The first kappa shape index (κ1) is 19.4. The Morgan fingerprint density at radius 2 is 1.84 bits per heavy atom. The average molecular weight is 382 g/mol. The summed E-state index contributed by atoms with van der Waals surface area (Å²) in [7, 11) is 0. The van der Waals surface area contributed by atoms with Crippen LogP contribution in [0.15, 0.2) is 36.4 Å². The molecule has 0 aliphatic heterocycles. The molecule has 0 spiro atoms. The van der Waals surface area contributed by atoms with Gasteiger partial charge in [-0.15, -0.1) is 0 Å². The van der Waals surface area contributed by atoms with Gasteiger partial charge in [-0.1, -0.05) is 23.2 Å². The van der Waals surface area contributed by atoms with Crippen molar-refractivity contribution in [2.45, 2.75) is 33.4 Å². The van der Waals surface area contributed by atoms with Crippen molar-refractivity contribution in [1.29, 1.82) is 0 Å². The Morgan fingerprint density at radius 1 is 1.16 bits per heavy atom. The van der Waals surface area contributed by atoms with Crippen molar-refractivity contribution in [3.8, 4) is 5.75 Å². The van der Waals surface area contributed by atoms with Gasteiger partial charge in [0.05, 0.1) is 23.3 Å². The van der Waals surface area contributed by atoms with Gasteiger partial charge in [-0.3, -0.25) is 0 Å². The fourth-order valence-electron chi connectivity index (χ4n) is 2.25. The van der Waals surface area contributed by atoms with Gasteiger partial charge < -0.3 is 14.8 Å². The van der Waals surface area contributed by atoms with Crippen LogP contribution in [0.2, 0.25) is 10.0 Å². The van der Waals surface area contributed by atoms with Gasteiger partial charge in [0.15, 0.2) is 0 Å². The Kier molecular flexibility index (Phi) is 6.97. The third kappa shape index (κ3) is 5.55. The zero-order valence-corrected chi connectivity index (χ0v) is 15.9. The number of hydrogen-bond donors (Lipinski definition) is 1. The van der Waals surface area contributed by atoms with Crippen LogP contribution in [0.4, 0.5) is 5.69 Å². The van der Waals surface area contributed by atoms with Gasteiger partial charge in [0.1, 0.15) is 5.75 Å². The number of anilines is 1.